The molecule has 0 saturated heterocycles. The van der Waals surface area contributed by atoms with Crippen LogP contribution in [0.1, 0.15) is 35.7 Å². The lowest BCUT2D eigenvalue weighted by molar-refractivity contribution is 0.0951. The SMILES string of the molecule is CCn1ncc2c(NCCCCOC)c(C(=O)NCc3ccncc3)cnc21. The van der Waals surface area contributed by atoms with Gasteiger partial charge in [-0.05, 0) is 37.5 Å². The van der Waals surface area contributed by atoms with Gasteiger partial charge in [0.1, 0.15) is 0 Å². The molecule has 0 spiro atoms. The normalized spacial score (nSPS) is 10.9. The molecule has 28 heavy (non-hydrogen) atoms. The Kier molecular flexibility index (Phi) is 6.91. The third-order valence-corrected chi connectivity index (χ3v) is 4.49. The minimum atomic E-state index is -0.171. The number of unbranched alkanes of at least 4 members (excludes halogenated alkanes) is 1. The predicted molar refractivity (Wildman–Crippen MR) is 108 cm³/mol. The van der Waals surface area contributed by atoms with Crippen molar-refractivity contribution in [2.45, 2.75) is 32.9 Å². The van der Waals surface area contributed by atoms with E-state index in [-0.39, 0.29) is 5.91 Å². The summed E-state index contributed by atoms with van der Waals surface area (Å²) in [5.41, 5.74) is 3.05. The molecule has 0 bridgehead atoms. The maximum atomic E-state index is 12.8. The highest BCUT2D eigenvalue weighted by Crippen LogP contribution is 2.26. The Morgan fingerprint density at radius 3 is 2.79 bits per heavy atom. The molecule has 0 aromatic carbocycles. The second-order valence-electron chi connectivity index (χ2n) is 6.41. The van der Waals surface area contributed by atoms with Crippen molar-refractivity contribution in [1.29, 1.82) is 0 Å². The third-order valence-electron chi connectivity index (χ3n) is 4.49. The molecule has 0 aliphatic carbocycles. The highest BCUT2D eigenvalue weighted by molar-refractivity contribution is 6.06. The van der Waals surface area contributed by atoms with Crippen LogP contribution in [0.4, 0.5) is 5.69 Å². The Hall–Kier alpha value is -3.00. The van der Waals surface area contributed by atoms with Crippen molar-refractivity contribution in [3.63, 3.8) is 0 Å². The van der Waals surface area contributed by atoms with Crippen LogP contribution < -0.4 is 10.6 Å². The van der Waals surface area contributed by atoms with Gasteiger partial charge in [0.15, 0.2) is 5.65 Å². The first-order valence-electron chi connectivity index (χ1n) is 9.49. The van der Waals surface area contributed by atoms with Gasteiger partial charge in [0, 0.05) is 51.9 Å². The maximum Gasteiger partial charge on any atom is 0.255 e. The van der Waals surface area contributed by atoms with Crippen LogP contribution in [-0.2, 0) is 17.8 Å². The Bertz CT molecular complexity index is 910. The van der Waals surface area contributed by atoms with E-state index in [1.807, 2.05) is 23.7 Å². The van der Waals surface area contributed by atoms with Gasteiger partial charge in [0.05, 0.1) is 22.8 Å². The molecule has 2 N–H and O–H groups in total. The van der Waals surface area contributed by atoms with Crippen LogP contribution in [0.5, 0.6) is 0 Å². The minimum absolute atomic E-state index is 0.171. The van der Waals surface area contributed by atoms with Crippen molar-refractivity contribution >= 4 is 22.6 Å². The highest BCUT2D eigenvalue weighted by atomic mass is 16.5. The fourth-order valence-electron chi connectivity index (χ4n) is 2.98. The summed E-state index contributed by atoms with van der Waals surface area (Å²) in [7, 11) is 1.70. The number of pyridine rings is 2. The van der Waals surface area contributed by atoms with Crippen LogP contribution in [0, 0.1) is 0 Å². The van der Waals surface area contributed by atoms with Gasteiger partial charge in [-0.25, -0.2) is 9.67 Å². The second kappa shape index (κ2) is 9.80. The highest BCUT2D eigenvalue weighted by Gasteiger charge is 2.17. The Morgan fingerprint density at radius 2 is 2.04 bits per heavy atom. The lowest BCUT2D eigenvalue weighted by Gasteiger charge is -2.13. The minimum Gasteiger partial charge on any atom is -0.385 e. The molecule has 0 aliphatic heterocycles. The van der Waals surface area contributed by atoms with E-state index in [1.54, 1.807) is 31.9 Å². The molecule has 0 saturated carbocycles. The van der Waals surface area contributed by atoms with E-state index in [1.165, 1.54) is 0 Å². The smallest absolute Gasteiger partial charge is 0.255 e. The molecule has 0 aliphatic rings. The van der Waals surface area contributed by atoms with Crippen LogP contribution >= 0.6 is 0 Å². The number of methoxy groups -OCH3 is 1. The average Bonchev–Trinajstić information content (AvgIpc) is 3.16. The number of aromatic nitrogens is 4. The molecule has 0 fully saturated rings. The van der Waals surface area contributed by atoms with Gasteiger partial charge >= 0.3 is 0 Å². The molecule has 3 aromatic rings. The summed E-state index contributed by atoms with van der Waals surface area (Å²) < 4.78 is 6.92. The summed E-state index contributed by atoms with van der Waals surface area (Å²) in [6.45, 7) is 4.63. The van der Waals surface area contributed by atoms with E-state index >= 15 is 0 Å². The number of hydrogen-bond donors (Lipinski definition) is 2. The van der Waals surface area contributed by atoms with Gasteiger partial charge < -0.3 is 15.4 Å². The quantitative estimate of drug-likeness (QED) is 0.524. The monoisotopic (exact) mass is 382 g/mol. The number of nitrogens with zero attached hydrogens (tertiary/aromatic N) is 4. The van der Waals surface area contributed by atoms with Crippen LogP contribution in [-0.4, -0.2) is 45.9 Å². The van der Waals surface area contributed by atoms with Crippen molar-refractivity contribution in [1.82, 2.24) is 25.1 Å². The van der Waals surface area contributed by atoms with Gasteiger partial charge in [-0.1, -0.05) is 0 Å². The summed E-state index contributed by atoms with van der Waals surface area (Å²) in [5.74, 6) is -0.171. The number of nitrogens with one attached hydrogen (secondary N) is 2. The first kappa shape index (κ1) is 19.8. The average molecular weight is 382 g/mol. The van der Waals surface area contributed by atoms with Gasteiger partial charge in [-0.3, -0.25) is 9.78 Å². The number of aryl methyl sites for hydroxylation is 1. The van der Waals surface area contributed by atoms with E-state index in [0.29, 0.717) is 12.1 Å². The van der Waals surface area contributed by atoms with Crippen molar-refractivity contribution in [2.24, 2.45) is 0 Å². The number of rotatable bonds is 10. The van der Waals surface area contributed by atoms with Gasteiger partial charge in [-0.15, -0.1) is 0 Å². The Morgan fingerprint density at radius 1 is 1.21 bits per heavy atom. The van der Waals surface area contributed by atoms with Crippen molar-refractivity contribution < 1.29 is 9.53 Å². The number of hydrogen-bond acceptors (Lipinski definition) is 6. The zero-order chi connectivity index (χ0) is 19.8. The molecular weight excluding hydrogens is 356 g/mol. The first-order chi connectivity index (χ1) is 13.7. The topological polar surface area (TPSA) is 94.0 Å². The van der Waals surface area contributed by atoms with Crippen molar-refractivity contribution in [3.8, 4) is 0 Å². The lowest BCUT2D eigenvalue weighted by atomic mass is 10.1. The second-order valence-corrected chi connectivity index (χ2v) is 6.41. The molecule has 3 aromatic heterocycles. The van der Waals surface area contributed by atoms with Gasteiger partial charge in [-0.2, -0.15) is 5.10 Å². The first-order valence-corrected chi connectivity index (χ1v) is 9.49. The largest absolute Gasteiger partial charge is 0.385 e. The van der Waals surface area contributed by atoms with Crippen molar-refractivity contribution in [2.75, 3.05) is 25.6 Å². The Balaban J connectivity index is 1.80. The van der Waals surface area contributed by atoms with Crippen LogP contribution in [0.3, 0.4) is 0 Å². The fraction of sp³-hybridized carbons (Fsp3) is 0.400. The number of fused-ring (bicyclic) bond motifs is 1. The van der Waals surface area contributed by atoms with Crippen LogP contribution in [0.2, 0.25) is 0 Å². The number of carbonyl (C=O) groups excluding carboxylic acids is 1. The molecule has 1 amide bonds. The molecule has 3 rings (SSSR count). The number of ether oxygens (including phenoxy) is 1. The summed E-state index contributed by atoms with van der Waals surface area (Å²) in [6.07, 6.45) is 8.70. The summed E-state index contributed by atoms with van der Waals surface area (Å²) in [4.78, 5) is 21.3. The summed E-state index contributed by atoms with van der Waals surface area (Å²) >= 11 is 0. The molecule has 3 heterocycles. The summed E-state index contributed by atoms with van der Waals surface area (Å²) in [6, 6.07) is 3.75. The van der Waals surface area contributed by atoms with E-state index in [9.17, 15) is 4.79 Å². The van der Waals surface area contributed by atoms with Crippen LogP contribution in [0.15, 0.2) is 36.9 Å². The van der Waals surface area contributed by atoms with E-state index in [4.69, 9.17) is 4.74 Å². The molecule has 148 valence electrons. The maximum absolute atomic E-state index is 12.8. The van der Waals surface area contributed by atoms with Gasteiger partial charge in [0.25, 0.3) is 5.91 Å². The standard InChI is InChI=1S/C20H26N6O2/c1-3-26-19-16(14-25-26)18(22-8-4-5-11-28-2)17(13-23-19)20(27)24-12-15-6-9-21-10-7-15/h6-7,9-10,13-14H,3-5,8,11-12H2,1-2H3,(H,22,23)(H,24,27). The lowest BCUT2D eigenvalue weighted by Crippen LogP contribution is -2.24. The molecule has 0 atom stereocenters. The predicted octanol–water partition coefficient (Wildman–Crippen LogP) is 2.61. The zero-order valence-electron chi connectivity index (χ0n) is 16.3. The van der Waals surface area contributed by atoms with E-state index < -0.39 is 0 Å². The van der Waals surface area contributed by atoms with Crippen LogP contribution in [0.25, 0.3) is 11.0 Å². The zero-order valence-corrected chi connectivity index (χ0v) is 16.3. The van der Waals surface area contributed by atoms with E-state index in [0.717, 1.165) is 54.8 Å². The number of carbonyl (C=O) groups is 1. The fourth-order valence-corrected chi connectivity index (χ4v) is 2.98. The van der Waals surface area contributed by atoms with Crippen molar-refractivity contribution in [3.05, 3.63) is 48.0 Å². The summed E-state index contributed by atoms with van der Waals surface area (Å²) in [5, 5.41) is 11.6. The number of amides is 1. The molecular formula is C20H26N6O2. The van der Waals surface area contributed by atoms with Gasteiger partial charge in [0.2, 0.25) is 0 Å². The van der Waals surface area contributed by atoms with E-state index in [2.05, 4.69) is 25.7 Å². The molecule has 8 nitrogen and oxygen atoms in total. The molecule has 0 radical (unpaired) electrons. The molecule has 8 heteroatoms. The third kappa shape index (κ3) is 4.64. The molecule has 0 unspecified atom stereocenters. The Labute approximate surface area is 164 Å². The number of anilines is 1.